The molecule has 0 aromatic carbocycles. The molecule has 4 heteroatoms. The van der Waals surface area contributed by atoms with Crippen molar-refractivity contribution in [2.45, 2.75) is 59.5 Å². The minimum atomic E-state index is -0.872. The van der Waals surface area contributed by atoms with Crippen molar-refractivity contribution in [1.29, 1.82) is 0 Å². The van der Waals surface area contributed by atoms with Crippen molar-refractivity contribution >= 4 is 5.91 Å². The van der Waals surface area contributed by atoms with Gasteiger partial charge in [0.1, 0.15) is 6.10 Å². The van der Waals surface area contributed by atoms with Crippen molar-refractivity contribution in [3.05, 3.63) is 0 Å². The van der Waals surface area contributed by atoms with E-state index in [1.165, 1.54) is 38.9 Å². The van der Waals surface area contributed by atoms with Gasteiger partial charge in [-0.15, -0.1) is 0 Å². The second kappa shape index (κ2) is 9.42. The highest BCUT2D eigenvalue weighted by molar-refractivity contribution is 5.80. The smallest absolute Gasteiger partial charge is 0.251 e. The number of likely N-dealkylation sites (N-methyl/N-ethyl adjacent to an activating group) is 1. The van der Waals surface area contributed by atoms with Crippen molar-refractivity contribution < 1.29 is 9.90 Å². The summed E-state index contributed by atoms with van der Waals surface area (Å²) in [5, 5.41) is 9.40. The molecule has 0 unspecified atom stereocenters. The number of hydrogen-bond acceptors (Lipinski definition) is 3. The fourth-order valence-electron chi connectivity index (χ4n) is 2.97. The summed E-state index contributed by atoms with van der Waals surface area (Å²) in [5.41, 5.74) is 0. The highest BCUT2D eigenvalue weighted by Gasteiger charge is 2.22. The number of nitrogens with zero attached hydrogens (tertiary/aromatic N) is 2. The Kier molecular flexibility index (Phi) is 8.27. The molecule has 1 amide bonds. The number of carbonyl (C=O) groups excluding carboxylic acids is 1. The first kappa shape index (κ1) is 18.4. The summed E-state index contributed by atoms with van der Waals surface area (Å²) in [6.45, 7) is 13.2. The van der Waals surface area contributed by atoms with E-state index in [0.29, 0.717) is 6.54 Å². The summed E-state index contributed by atoms with van der Waals surface area (Å²) in [4.78, 5) is 16.2. The average Bonchev–Trinajstić information content (AvgIpc) is 2.46. The van der Waals surface area contributed by atoms with Crippen LogP contribution in [0, 0.1) is 11.8 Å². The van der Waals surface area contributed by atoms with Gasteiger partial charge < -0.3 is 14.9 Å². The molecule has 0 spiro atoms. The van der Waals surface area contributed by atoms with Gasteiger partial charge in [-0.25, -0.2) is 0 Å². The first-order chi connectivity index (χ1) is 9.93. The van der Waals surface area contributed by atoms with Crippen LogP contribution in [-0.2, 0) is 4.79 Å². The molecular weight excluding hydrogens is 264 g/mol. The lowest BCUT2D eigenvalue weighted by molar-refractivity contribution is -0.139. The molecule has 0 radical (unpaired) electrons. The minimum absolute atomic E-state index is 0.133. The van der Waals surface area contributed by atoms with Crippen LogP contribution in [0.2, 0.25) is 0 Å². The maximum Gasteiger partial charge on any atom is 0.251 e. The molecule has 0 saturated carbocycles. The lowest BCUT2D eigenvalue weighted by Gasteiger charge is -2.33. The van der Waals surface area contributed by atoms with Gasteiger partial charge >= 0.3 is 0 Å². The average molecular weight is 298 g/mol. The first-order valence-corrected chi connectivity index (χ1v) is 8.63. The maximum absolute atomic E-state index is 11.8. The van der Waals surface area contributed by atoms with Gasteiger partial charge in [-0.3, -0.25) is 4.79 Å². The van der Waals surface area contributed by atoms with E-state index in [1.54, 1.807) is 11.8 Å². The summed E-state index contributed by atoms with van der Waals surface area (Å²) in [6.07, 6.45) is 3.99. The van der Waals surface area contributed by atoms with E-state index in [4.69, 9.17) is 0 Å². The molecule has 1 heterocycles. The number of rotatable bonds is 8. The number of hydrogen-bond donors (Lipinski definition) is 1. The first-order valence-electron chi connectivity index (χ1n) is 8.63. The van der Waals surface area contributed by atoms with Crippen LogP contribution < -0.4 is 0 Å². The Balaban J connectivity index is 2.24. The van der Waals surface area contributed by atoms with Crippen LogP contribution in [0.1, 0.15) is 53.4 Å². The highest BCUT2D eigenvalue weighted by Crippen LogP contribution is 2.21. The summed E-state index contributed by atoms with van der Waals surface area (Å²) in [7, 11) is 0. The zero-order valence-corrected chi connectivity index (χ0v) is 14.3. The van der Waals surface area contributed by atoms with E-state index in [1.807, 2.05) is 6.92 Å². The van der Waals surface area contributed by atoms with Crippen LogP contribution in [-0.4, -0.2) is 59.6 Å². The Bertz CT molecular complexity index is 297. The van der Waals surface area contributed by atoms with Crippen LogP contribution in [0.25, 0.3) is 0 Å². The minimum Gasteiger partial charge on any atom is -0.384 e. The molecule has 4 nitrogen and oxygen atoms in total. The monoisotopic (exact) mass is 298 g/mol. The molecule has 0 bridgehead atoms. The van der Waals surface area contributed by atoms with Gasteiger partial charge in [0.2, 0.25) is 0 Å². The quantitative estimate of drug-likeness (QED) is 0.748. The molecule has 1 fully saturated rings. The molecule has 1 saturated heterocycles. The van der Waals surface area contributed by atoms with Crippen LogP contribution in [0.5, 0.6) is 0 Å². The fraction of sp³-hybridized carbons (Fsp3) is 0.941. The second-order valence-corrected chi connectivity index (χ2v) is 6.85. The van der Waals surface area contributed by atoms with Crippen LogP contribution >= 0.6 is 0 Å². The standard InChI is InChI=1S/C17H34N2O2/c1-5-19(17(21)15(4)20)13-9-16-7-11-18(12-8-16)10-6-14(2)3/h14-16,20H,5-13H2,1-4H3/t15-/m0/s1. The molecule has 124 valence electrons. The van der Waals surface area contributed by atoms with Crippen molar-refractivity contribution in [3.63, 3.8) is 0 Å². The number of carbonyl (C=O) groups is 1. The number of aliphatic hydroxyl groups is 1. The third kappa shape index (κ3) is 6.79. The second-order valence-electron chi connectivity index (χ2n) is 6.85. The van der Waals surface area contributed by atoms with Gasteiger partial charge in [0, 0.05) is 13.1 Å². The van der Waals surface area contributed by atoms with Crippen LogP contribution in [0.15, 0.2) is 0 Å². The SMILES string of the molecule is CCN(CCC1CCN(CCC(C)C)CC1)C(=O)[C@H](C)O. The Labute approximate surface area is 130 Å². The molecule has 0 aliphatic carbocycles. The predicted octanol–water partition coefficient (Wildman–Crippen LogP) is 2.36. The lowest BCUT2D eigenvalue weighted by atomic mass is 9.93. The highest BCUT2D eigenvalue weighted by atomic mass is 16.3. The summed E-state index contributed by atoms with van der Waals surface area (Å²) < 4.78 is 0. The molecule has 0 aromatic heterocycles. The number of piperidine rings is 1. The van der Waals surface area contributed by atoms with Gasteiger partial charge in [-0.2, -0.15) is 0 Å². The van der Waals surface area contributed by atoms with E-state index in [-0.39, 0.29) is 5.91 Å². The molecule has 1 atom stereocenters. The molecule has 0 aromatic rings. The van der Waals surface area contributed by atoms with Gasteiger partial charge in [0.05, 0.1) is 0 Å². The van der Waals surface area contributed by atoms with E-state index in [0.717, 1.165) is 24.8 Å². The Hall–Kier alpha value is -0.610. The third-order valence-corrected chi connectivity index (χ3v) is 4.59. The Morgan fingerprint density at radius 2 is 1.90 bits per heavy atom. The van der Waals surface area contributed by atoms with Crippen molar-refractivity contribution in [2.75, 3.05) is 32.7 Å². The molecule has 1 N–H and O–H groups in total. The lowest BCUT2D eigenvalue weighted by Crippen LogP contribution is -2.40. The van der Waals surface area contributed by atoms with Gasteiger partial charge in [-0.1, -0.05) is 13.8 Å². The number of amides is 1. The molecule has 1 rings (SSSR count). The maximum atomic E-state index is 11.8. The van der Waals surface area contributed by atoms with Crippen molar-refractivity contribution in [2.24, 2.45) is 11.8 Å². The normalized spacial score (nSPS) is 19.0. The van der Waals surface area contributed by atoms with Crippen LogP contribution in [0.4, 0.5) is 0 Å². The predicted molar refractivity (Wildman–Crippen MR) is 87.2 cm³/mol. The zero-order valence-electron chi connectivity index (χ0n) is 14.3. The van der Waals surface area contributed by atoms with Crippen molar-refractivity contribution in [3.8, 4) is 0 Å². The molecule has 1 aliphatic rings. The van der Waals surface area contributed by atoms with Gasteiger partial charge in [-0.05, 0) is 71.0 Å². The zero-order chi connectivity index (χ0) is 15.8. The van der Waals surface area contributed by atoms with E-state index >= 15 is 0 Å². The molecule has 1 aliphatic heterocycles. The molecular formula is C17H34N2O2. The summed E-state index contributed by atoms with van der Waals surface area (Å²) >= 11 is 0. The van der Waals surface area contributed by atoms with Gasteiger partial charge in [0.15, 0.2) is 0 Å². The largest absolute Gasteiger partial charge is 0.384 e. The van der Waals surface area contributed by atoms with Crippen LogP contribution in [0.3, 0.4) is 0 Å². The number of aliphatic hydroxyl groups excluding tert-OH is 1. The van der Waals surface area contributed by atoms with Crippen molar-refractivity contribution in [1.82, 2.24) is 9.80 Å². The fourth-order valence-corrected chi connectivity index (χ4v) is 2.97. The number of likely N-dealkylation sites (tertiary alicyclic amines) is 1. The third-order valence-electron chi connectivity index (χ3n) is 4.59. The topological polar surface area (TPSA) is 43.8 Å². The molecule has 21 heavy (non-hydrogen) atoms. The van der Waals surface area contributed by atoms with E-state index in [9.17, 15) is 9.90 Å². The summed E-state index contributed by atoms with van der Waals surface area (Å²) in [6, 6.07) is 0. The Morgan fingerprint density at radius 1 is 1.29 bits per heavy atom. The summed E-state index contributed by atoms with van der Waals surface area (Å²) in [5.74, 6) is 1.38. The van der Waals surface area contributed by atoms with Gasteiger partial charge in [0.25, 0.3) is 5.91 Å². The van der Waals surface area contributed by atoms with E-state index < -0.39 is 6.10 Å². The van der Waals surface area contributed by atoms with E-state index in [2.05, 4.69) is 18.7 Å². The Morgan fingerprint density at radius 3 is 2.38 bits per heavy atom.